The maximum absolute atomic E-state index is 2.65. The van der Waals surface area contributed by atoms with E-state index in [0.29, 0.717) is 0 Å². The summed E-state index contributed by atoms with van der Waals surface area (Å²) in [5.41, 5.74) is 2.65. The number of hydrogen-bond acceptors (Lipinski definition) is 0. The molecule has 60 valence electrons. The molecule has 0 N–H and O–H groups in total. The van der Waals surface area contributed by atoms with Gasteiger partial charge in [0, 0.05) is 21.7 Å². The van der Waals surface area contributed by atoms with Gasteiger partial charge in [-0.1, -0.05) is 39.3 Å². The molecule has 0 saturated carbocycles. The molecular weight excluding hydrogens is 188 g/mol. The van der Waals surface area contributed by atoms with Gasteiger partial charge in [-0.25, -0.2) is 0 Å². The van der Waals surface area contributed by atoms with E-state index >= 15 is 0 Å². The predicted molar refractivity (Wildman–Crippen MR) is 51.0 cm³/mol. The van der Waals surface area contributed by atoms with Crippen LogP contribution < -0.4 is 0 Å². The van der Waals surface area contributed by atoms with Gasteiger partial charge in [0.2, 0.25) is 0 Å². The summed E-state index contributed by atoms with van der Waals surface area (Å²) >= 11 is 0. The van der Waals surface area contributed by atoms with Crippen LogP contribution >= 0.6 is 0 Å². The van der Waals surface area contributed by atoms with E-state index < -0.39 is 16.1 Å². The maximum atomic E-state index is 2.65. The molecular formula is C7H19Si2Ti-. The minimum Gasteiger partial charge on any atom is -0.327 e. The van der Waals surface area contributed by atoms with Crippen LogP contribution in [0.4, 0.5) is 0 Å². The van der Waals surface area contributed by atoms with Crippen molar-refractivity contribution in [2.75, 3.05) is 0 Å². The molecule has 0 nitrogen and oxygen atoms in total. The summed E-state index contributed by atoms with van der Waals surface area (Å²) in [6.45, 7) is 14.4. The standard InChI is InChI=1S/C7H19Si2.Ti/c1-8(2,3)7-9(4,5)6;/h7H,1-6H3;/q-1;. The van der Waals surface area contributed by atoms with Crippen LogP contribution in [0.1, 0.15) is 0 Å². The summed E-state index contributed by atoms with van der Waals surface area (Å²) in [6.07, 6.45) is 0. The summed E-state index contributed by atoms with van der Waals surface area (Å²) < 4.78 is 0. The molecule has 0 aromatic rings. The second-order valence-corrected chi connectivity index (χ2v) is 15.5. The molecule has 0 amide bonds. The average molecular weight is 207 g/mol. The van der Waals surface area contributed by atoms with Crippen LogP contribution in [-0.2, 0) is 21.7 Å². The smallest absolute Gasteiger partial charge is 0 e. The largest absolute Gasteiger partial charge is 0.327 e. The average Bonchev–Trinajstić information content (AvgIpc) is 1.14. The quantitative estimate of drug-likeness (QED) is 0.482. The minimum atomic E-state index is -0.856. The molecule has 0 fully saturated rings. The van der Waals surface area contributed by atoms with E-state index in [1.807, 2.05) is 0 Å². The molecule has 0 aromatic heterocycles. The van der Waals surface area contributed by atoms with Crippen LogP contribution in [0.5, 0.6) is 0 Å². The second-order valence-electron chi connectivity index (χ2n) is 4.88. The molecule has 0 aliphatic carbocycles. The Morgan fingerprint density at radius 1 is 0.700 bits per heavy atom. The summed E-state index contributed by atoms with van der Waals surface area (Å²) in [5.74, 6) is 0. The SMILES string of the molecule is C[Si](C)(C)[CH-][Si](C)(C)C.[Ti]. The van der Waals surface area contributed by atoms with Crippen LogP contribution in [0.25, 0.3) is 0 Å². The maximum Gasteiger partial charge on any atom is 0 e. The van der Waals surface area contributed by atoms with Crippen LogP contribution in [-0.4, -0.2) is 16.1 Å². The molecule has 0 aliphatic rings. The van der Waals surface area contributed by atoms with Crippen molar-refractivity contribution in [2.45, 2.75) is 39.3 Å². The van der Waals surface area contributed by atoms with Gasteiger partial charge < -0.3 is 5.67 Å². The molecule has 0 atom stereocenters. The van der Waals surface area contributed by atoms with Crippen molar-refractivity contribution in [1.29, 1.82) is 0 Å². The fourth-order valence-corrected chi connectivity index (χ4v) is 11.7. The van der Waals surface area contributed by atoms with Gasteiger partial charge in [0.25, 0.3) is 0 Å². The van der Waals surface area contributed by atoms with Crippen LogP contribution in [0.15, 0.2) is 0 Å². The van der Waals surface area contributed by atoms with Gasteiger partial charge in [0.1, 0.15) is 0 Å². The van der Waals surface area contributed by atoms with Gasteiger partial charge in [0.15, 0.2) is 0 Å². The van der Waals surface area contributed by atoms with Gasteiger partial charge >= 0.3 is 0 Å². The Hall–Kier alpha value is 1.15. The van der Waals surface area contributed by atoms with E-state index in [9.17, 15) is 0 Å². The Morgan fingerprint density at radius 3 is 0.900 bits per heavy atom. The topological polar surface area (TPSA) is 0 Å². The Balaban J connectivity index is 0. The third-order valence-corrected chi connectivity index (χ3v) is 7.79. The normalized spacial score (nSPS) is 12.6. The first-order valence-corrected chi connectivity index (χ1v) is 10.7. The Kier molecular flexibility index (Phi) is 5.82. The van der Waals surface area contributed by atoms with Crippen molar-refractivity contribution in [3.8, 4) is 0 Å². The molecule has 0 spiro atoms. The minimum absolute atomic E-state index is 0. The Labute approximate surface area is 82.7 Å². The van der Waals surface area contributed by atoms with Gasteiger partial charge in [-0.05, 0) is 0 Å². The van der Waals surface area contributed by atoms with Crippen molar-refractivity contribution in [3.63, 3.8) is 0 Å². The summed E-state index contributed by atoms with van der Waals surface area (Å²) in [5, 5.41) is 0. The molecule has 3 heteroatoms. The first kappa shape index (κ1) is 13.7. The zero-order chi connectivity index (χ0) is 7.71. The second kappa shape index (κ2) is 4.24. The zero-order valence-corrected chi connectivity index (χ0v) is 11.6. The van der Waals surface area contributed by atoms with E-state index in [1.54, 1.807) is 0 Å². The van der Waals surface area contributed by atoms with E-state index in [0.717, 1.165) is 0 Å². The summed E-state index contributed by atoms with van der Waals surface area (Å²) in [6, 6.07) is 0. The molecule has 0 rings (SSSR count). The first-order chi connectivity index (χ1) is 3.71. The first-order valence-electron chi connectivity index (χ1n) is 3.58. The Morgan fingerprint density at radius 2 is 0.900 bits per heavy atom. The van der Waals surface area contributed by atoms with Crippen LogP contribution in [0, 0.1) is 5.67 Å². The Bertz CT molecular complexity index is 76.8. The molecule has 0 radical (unpaired) electrons. The molecule has 0 saturated heterocycles. The van der Waals surface area contributed by atoms with Crippen LogP contribution in [0.2, 0.25) is 39.3 Å². The summed E-state index contributed by atoms with van der Waals surface area (Å²) in [4.78, 5) is 0. The zero-order valence-electron chi connectivity index (χ0n) is 8.08. The molecule has 0 aromatic carbocycles. The molecule has 0 aliphatic heterocycles. The van der Waals surface area contributed by atoms with Crippen molar-refractivity contribution >= 4 is 16.1 Å². The van der Waals surface area contributed by atoms with Gasteiger partial charge in [-0.2, -0.15) is 0 Å². The molecule has 0 bridgehead atoms. The number of hydrogen-bond donors (Lipinski definition) is 0. The monoisotopic (exact) mass is 207 g/mol. The van der Waals surface area contributed by atoms with Crippen LogP contribution in [0.3, 0.4) is 0 Å². The van der Waals surface area contributed by atoms with E-state index in [1.165, 1.54) is 0 Å². The van der Waals surface area contributed by atoms with Crippen molar-refractivity contribution < 1.29 is 21.7 Å². The number of rotatable bonds is 2. The van der Waals surface area contributed by atoms with E-state index in [-0.39, 0.29) is 21.7 Å². The summed E-state index contributed by atoms with van der Waals surface area (Å²) in [7, 11) is -1.71. The van der Waals surface area contributed by atoms with E-state index in [4.69, 9.17) is 0 Å². The fourth-order valence-electron chi connectivity index (χ4n) is 1.30. The van der Waals surface area contributed by atoms with Crippen molar-refractivity contribution in [2.24, 2.45) is 0 Å². The predicted octanol–water partition coefficient (Wildman–Crippen LogP) is 2.94. The molecule has 0 heterocycles. The van der Waals surface area contributed by atoms with Crippen molar-refractivity contribution in [3.05, 3.63) is 5.67 Å². The van der Waals surface area contributed by atoms with Gasteiger partial charge in [-0.15, -0.1) is 16.1 Å². The third-order valence-electron chi connectivity index (χ3n) is 0.866. The van der Waals surface area contributed by atoms with Crippen molar-refractivity contribution in [1.82, 2.24) is 0 Å². The van der Waals surface area contributed by atoms with Gasteiger partial charge in [-0.3, -0.25) is 0 Å². The van der Waals surface area contributed by atoms with E-state index in [2.05, 4.69) is 44.9 Å². The third kappa shape index (κ3) is 11.9. The fraction of sp³-hybridized carbons (Fsp3) is 0.857. The molecule has 0 unspecified atom stereocenters. The van der Waals surface area contributed by atoms with Gasteiger partial charge in [0.05, 0.1) is 0 Å². The molecule has 10 heavy (non-hydrogen) atoms.